The first kappa shape index (κ1) is 33.3. The molecule has 52 heavy (non-hydrogen) atoms. The van der Waals surface area contributed by atoms with Crippen LogP contribution in [0.2, 0.25) is 0 Å². The molecule has 1 nitrogen and oxygen atoms in total. The summed E-state index contributed by atoms with van der Waals surface area (Å²) >= 11 is 0. The van der Waals surface area contributed by atoms with Crippen molar-refractivity contribution in [2.24, 2.45) is 0 Å². The monoisotopic (exact) mass is 682 g/mol. The van der Waals surface area contributed by atoms with Crippen LogP contribution in [0.25, 0.3) is 44.5 Å². The number of hydrogen-bond acceptors (Lipinski definition) is 1. The molecule has 256 valence electrons. The van der Waals surface area contributed by atoms with E-state index >= 15 is 4.39 Å². The molecule has 1 aliphatic rings. The molecule has 0 unspecified atom stereocenters. The van der Waals surface area contributed by atoms with Crippen LogP contribution in [0.4, 0.5) is 8.78 Å². The Hall–Kier alpha value is -5.80. The Morgan fingerprint density at radius 1 is 0.519 bits per heavy atom. The van der Waals surface area contributed by atoms with Crippen molar-refractivity contribution in [3.8, 4) is 50.3 Å². The fourth-order valence-electron chi connectivity index (χ4n) is 7.92. The van der Waals surface area contributed by atoms with E-state index in [0.29, 0.717) is 5.56 Å². The Morgan fingerprint density at radius 3 is 1.46 bits per heavy atom. The van der Waals surface area contributed by atoms with Gasteiger partial charge in [0.25, 0.3) is 0 Å². The predicted molar refractivity (Wildman–Crippen MR) is 210 cm³/mol. The first-order chi connectivity index (χ1) is 25.1. The average molecular weight is 683 g/mol. The molecule has 0 atom stereocenters. The number of benzene rings is 7. The minimum atomic E-state index is -1.96. The quantitative estimate of drug-likeness (QED) is 0.145. The Bertz CT molecular complexity index is 2270. The van der Waals surface area contributed by atoms with Gasteiger partial charge in [-0.25, -0.2) is 4.39 Å². The maximum absolute atomic E-state index is 16.3. The van der Waals surface area contributed by atoms with E-state index < -0.39 is 17.1 Å². The number of rotatable bonds is 8. The second-order valence-corrected chi connectivity index (χ2v) is 14.7. The van der Waals surface area contributed by atoms with Crippen molar-refractivity contribution in [2.75, 3.05) is 0 Å². The van der Waals surface area contributed by atoms with E-state index in [4.69, 9.17) is 4.74 Å². The maximum Gasteiger partial charge on any atom is 0.242 e. The number of fused-ring (bicyclic) bond motifs is 3. The average Bonchev–Trinajstić information content (AvgIpc) is 3.38. The van der Waals surface area contributed by atoms with Crippen LogP contribution in [-0.4, -0.2) is 5.85 Å². The van der Waals surface area contributed by atoms with Gasteiger partial charge in [-0.15, -0.1) is 0 Å². The van der Waals surface area contributed by atoms with Gasteiger partial charge in [-0.2, -0.15) is 4.39 Å². The first-order valence-corrected chi connectivity index (χ1v) is 17.8. The lowest BCUT2D eigenvalue weighted by Crippen LogP contribution is -2.21. The molecular weight excluding hydrogens is 643 g/mol. The van der Waals surface area contributed by atoms with E-state index in [1.165, 1.54) is 31.0 Å². The Morgan fingerprint density at radius 2 is 0.981 bits per heavy atom. The molecule has 0 heterocycles. The van der Waals surface area contributed by atoms with E-state index in [-0.39, 0.29) is 11.7 Å². The smallest absolute Gasteiger partial charge is 0.242 e. The van der Waals surface area contributed by atoms with E-state index in [0.717, 1.165) is 55.6 Å². The highest BCUT2D eigenvalue weighted by Crippen LogP contribution is 2.55. The van der Waals surface area contributed by atoms with Gasteiger partial charge >= 0.3 is 0 Å². The summed E-state index contributed by atoms with van der Waals surface area (Å²) in [4.78, 5) is 0. The molecule has 3 heteroatoms. The van der Waals surface area contributed by atoms with Crippen molar-refractivity contribution >= 4 is 0 Å². The van der Waals surface area contributed by atoms with Crippen LogP contribution < -0.4 is 4.74 Å². The molecule has 0 fully saturated rings. The third-order valence-corrected chi connectivity index (χ3v) is 10.3. The third-order valence-electron chi connectivity index (χ3n) is 10.3. The summed E-state index contributed by atoms with van der Waals surface area (Å²) in [5.74, 6) is -2.30. The molecule has 1 aliphatic carbocycles. The van der Waals surface area contributed by atoms with Crippen molar-refractivity contribution < 1.29 is 13.5 Å². The molecular formula is C49H40F2O. The molecule has 7 aromatic carbocycles. The van der Waals surface area contributed by atoms with Gasteiger partial charge in [0, 0.05) is 36.8 Å². The number of hydrogen-bond donors (Lipinski definition) is 0. The van der Waals surface area contributed by atoms with Crippen LogP contribution in [0, 0.1) is 5.82 Å². The lowest BCUT2D eigenvalue weighted by molar-refractivity contribution is -0.0258. The van der Waals surface area contributed by atoms with Gasteiger partial charge in [0.2, 0.25) is 5.85 Å². The van der Waals surface area contributed by atoms with Crippen LogP contribution in [0.1, 0.15) is 61.4 Å². The summed E-state index contributed by atoms with van der Waals surface area (Å²) in [6, 6.07) is 56.5. The van der Waals surface area contributed by atoms with Crippen molar-refractivity contribution in [1.82, 2.24) is 0 Å². The molecule has 0 bridgehead atoms. The molecule has 0 radical (unpaired) electrons. The van der Waals surface area contributed by atoms with Crippen LogP contribution in [0.5, 0.6) is 5.75 Å². The summed E-state index contributed by atoms with van der Waals surface area (Å²) in [6.07, 6.45) is 0. The van der Waals surface area contributed by atoms with E-state index in [9.17, 15) is 4.39 Å². The second-order valence-electron chi connectivity index (χ2n) is 14.7. The standard InChI is InChI=1S/C49H40F2O/c1-48(2)43-29-39(28-41(36-18-12-7-13-19-36)46(43)42-30-40(52-49(3,4)51)31-44(50)47(42)48)45(37-24-20-34(21-25-37)32-14-8-5-9-15-32)38-26-22-35(23-27-38)33-16-10-6-11-17-33/h5-31,45H,1-4H3. The molecule has 0 N–H and O–H groups in total. The van der Waals surface area contributed by atoms with Crippen LogP contribution in [0.15, 0.2) is 164 Å². The number of halogens is 2. The molecule has 0 aromatic heterocycles. The normalized spacial score (nSPS) is 13.1. The Balaban J connectivity index is 1.34. The Labute approximate surface area is 305 Å². The first-order valence-electron chi connectivity index (χ1n) is 17.8. The van der Waals surface area contributed by atoms with Crippen molar-refractivity contribution in [3.63, 3.8) is 0 Å². The van der Waals surface area contributed by atoms with E-state index in [2.05, 4.69) is 135 Å². The zero-order valence-electron chi connectivity index (χ0n) is 29.8. The summed E-state index contributed by atoms with van der Waals surface area (Å²) < 4.78 is 36.6. The van der Waals surface area contributed by atoms with Gasteiger partial charge < -0.3 is 4.74 Å². The highest BCUT2D eigenvalue weighted by Gasteiger charge is 2.41. The molecule has 0 saturated heterocycles. The minimum absolute atomic E-state index is 0.113. The van der Waals surface area contributed by atoms with Gasteiger partial charge in [-0.3, -0.25) is 0 Å². The number of alkyl halides is 1. The largest absolute Gasteiger partial charge is 0.458 e. The van der Waals surface area contributed by atoms with Crippen molar-refractivity contribution in [1.29, 1.82) is 0 Å². The fourth-order valence-corrected chi connectivity index (χ4v) is 7.92. The highest BCUT2D eigenvalue weighted by molar-refractivity contribution is 5.94. The van der Waals surface area contributed by atoms with Gasteiger partial charge in [0.05, 0.1) is 0 Å². The summed E-state index contributed by atoms with van der Waals surface area (Å²) in [6.45, 7) is 6.82. The van der Waals surface area contributed by atoms with Crippen molar-refractivity contribution in [3.05, 3.63) is 197 Å². The van der Waals surface area contributed by atoms with Gasteiger partial charge in [0.1, 0.15) is 11.6 Å². The van der Waals surface area contributed by atoms with Gasteiger partial charge in [-0.05, 0) is 78.9 Å². The molecule has 8 rings (SSSR count). The predicted octanol–water partition coefficient (Wildman–Crippen LogP) is 13.4. The SMILES string of the molecule is CC(C)(F)Oc1cc(F)c2c(c1)-c1c(-c3ccccc3)cc(C(c3ccc(-c4ccccc4)cc3)c3ccc(-c4ccccc4)cc3)cc1C2(C)C. The maximum atomic E-state index is 16.3. The molecule has 0 amide bonds. The molecule has 0 spiro atoms. The lowest BCUT2D eigenvalue weighted by atomic mass is 9.77. The summed E-state index contributed by atoms with van der Waals surface area (Å²) in [7, 11) is 0. The highest BCUT2D eigenvalue weighted by atomic mass is 19.2. The molecule has 0 saturated carbocycles. The minimum Gasteiger partial charge on any atom is -0.458 e. The molecule has 7 aromatic rings. The van der Waals surface area contributed by atoms with Crippen molar-refractivity contribution in [2.45, 2.75) is 44.9 Å². The third kappa shape index (κ3) is 6.22. The summed E-state index contributed by atoms with van der Waals surface area (Å²) in [5, 5.41) is 0. The zero-order chi connectivity index (χ0) is 36.0. The second kappa shape index (κ2) is 13.1. The number of ether oxygens (including phenoxy) is 1. The van der Waals surface area contributed by atoms with E-state index in [1.807, 2.05) is 36.4 Å². The Kier molecular flexibility index (Phi) is 8.38. The topological polar surface area (TPSA) is 9.23 Å². The van der Waals surface area contributed by atoms with E-state index in [1.54, 1.807) is 0 Å². The lowest BCUT2D eigenvalue weighted by Gasteiger charge is -2.26. The summed E-state index contributed by atoms with van der Waals surface area (Å²) in [5.41, 5.74) is 12.8. The van der Waals surface area contributed by atoms with Crippen LogP contribution in [-0.2, 0) is 5.41 Å². The zero-order valence-corrected chi connectivity index (χ0v) is 29.8. The van der Waals surface area contributed by atoms with Crippen LogP contribution in [0.3, 0.4) is 0 Å². The van der Waals surface area contributed by atoms with Crippen LogP contribution >= 0.6 is 0 Å². The fraction of sp³-hybridized carbons (Fsp3) is 0.143. The van der Waals surface area contributed by atoms with Gasteiger partial charge in [-0.1, -0.05) is 159 Å². The van der Waals surface area contributed by atoms with Gasteiger partial charge in [0.15, 0.2) is 0 Å². The molecule has 0 aliphatic heterocycles.